The first kappa shape index (κ1) is 15.6. The highest BCUT2D eigenvalue weighted by Gasteiger charge is 2.21. The maximum atomic E-state index is 11.1. The van der Waals surface area contributed by atoms with Gasteiger partial charge in [-0.3, -0.25) is 14.9 Å². The third kappa shape index (κ3) is 4.29. The summed E-state index contributed by atoms with van der Waals surface area (Å²) in [4.78, 5) is 21.5. The van der Waals surface area contributed by atoms with Gasteiger partial charge in [0.15, 0.2) is 0 Å². The molecule has 0 fully saturated rings. The number of benzene rings is 1. The van der Waals surface area contributed by atoms with Crippen molar-refractivity contribution in [1.82, 2.24) is 0 Å². The van der Waals surface area contributed by atoms with Gasteiger partial charge in [-0.2, -0.15) is 0 Å². The number of carbonyl (C=O) groups is 1. The molecule has 7 heteroatoms. The number of nitro benzene ring substituents is 1. The number of nitrogens with zero attached hydrogens (tertiary/aromatic N) is 1. The Hall–Kier alpha value is -1.47. The zero-order valence-electron chi connectivity index (χ0n) is 10.2. The first-order valence-electron chi connectivity index (χ1n) is 5.82. The molecule has 1 rings (SSSR count). The monoisotopic (exact) mass is 330 g/mol. The van der Waals surface area contributed by atoms with Crippen molar-refractivity contribution in [2.75, 3.05) is 6.54 Å². The van der Waals surface area contributed by atoms with E-state index in [0.29, 0.717) is 29.4 Å². The van der Waals surface area contributed by atoms with Crippen molar-refractivity contribution in [1.29, 1.82) is 0 Å². The van der Waals surface area contributed by atoms with E-state index in [0.717, 1.165) is 0 Å². The topological polar surface area (TPSA) is 106 Å². The summed E-state index contributed by atoms with van der Waals surface area (Å²) in [6.07, 6.45) is 1.32. The van der Waals surface area contributed by atoms with E-state index >= 15 is 0 Å². The number of nitrogens with two attached hydrogens (primary N) is 1. The van der Waals surface area contributed by atoms with Crippen molar-refractivity contribution in [3.63, 3.8) is 0 Å². The van der Waals surface area contributed by atoms with Crippen LogP contribution < -0.4 is 5.73 Å². The molecule has 1 unspecified atom stereocenters. The third-order valence-corrected chi connectivity index (χ3v) is 3.74. The van der Waals surface area contributed by atoms with Crippen molar-refractivity contribution in [2.24, 2.45) is 11.7 Å². The zero-order chi connectivity index (χ0) is 14.4. The number of nitro groups is 1. The highest BCUT2D eigenvalue weighted by molar-refractivity contribution is 9.10. The zero-order valence-corrected chi connectivity index (χ0v) is 11.8. The summed E-state index contributed by atoms with van der Waals surface area (Å²) in [5.41, 5.74) is 5.94. The molecule has 104 valence electrons. The van der Waals surface area contributed by atoms with Gasteiger partial charge in [-0.25, -0.2) is 0 Å². The number of carboxylic acids is 1. The lowest BCUT2D eigenvalue weighted by Gasteiger charge is -2.12. The van der Waals surface area contributed by atoms with Crippen LogP contribution in [0.25, 0.3) is 0 Å². The van der Waals surface area contributed by atoms with Gasteiger partial charge in [-0.1, -0.05) is 12.1 Å². The average molecular weight is 331 g/mol. The predicted molar refractivity (Wildman–Crippen MR) is 73.9 cm³/mol. The minimum Gasteiger partial charge on any atom is -0.481 e. The van der Waals surface area contributed by atoms with E-state index < -0.39 is 16.8 Å². The minimum absolute atomic E-state index is 0.0551. The largest absolute Gasteiger partial charge is 0.481 e. The molecule has 1 aromatic carbocycles. The van der Waals surface area contributed by atoms with E-state index in [9.17, 15) is 14.9 Å². The molecular weight excluding hydrogens is 316 g/mol. The van der Waals surface area contributed by atoms with Crippen molar-refractivity contribution >= 4 is 27.6 Å². The second-order valence-corrected chi connectivity index (χ2v) is 4.97. The molecule has 0 aliphatic rings. The Bertz CT molecular complexity index is 479. The Morgan fingerprint density at radius 1 is 1.53 bits per heavy atom. The van der Waals surface area contributed by atoms with Crippen LogP contribution in [0.4, 0.5) is 5.69 Å². The van der Waals surface area contributed by atoms with Gasteiger partial charge < -0.3 is 10.8 Å². The van der Waals surface area contributed by atoms with Crippen LogP contribution in [-0.4, -0.2) is 22.5 Å². The van der Waals surface area contributed by atoms with E-state index in [4.69, 9.17) is 10.8 Å². The molecule has 19 heavy (non-hydrogen) atoms. The predicted octanol–water partition coefficient (Wildman–Crippen LogP) is 2.34. The highest BCUT2D eigenvalue weighted by Crippen LogP contribution is 2.30. The Balaban J connectivity index is 2.93. The fourth-order valence-electron chi connectivity index (χ4n) is 1.81. The van der Waals surface area contributed by atoms with Crippen LogP contribution in [0, 0.1) is 16.0 Å². The second kappa shape index (κ2) is 7.20. The molecular formula is C12H15BrN2O4. The summed E-state index contributed by atoms with van der Waals surface area (Å²) in [7, 11) is 0. The first-order valence-corrected chi connectivity index (χ1v) is 6.61. The molecule has 0 aromatic heterocycles. The lowest BCUT2D eigenvalue weighted by Crippen LogP contribution is -2.18. The van der Waals surface area contributed by atoms with E-state index in [-0.39, 0.29) is 12.1 Å². The lowest BCUT2D eigenvalue weighted by atomic mass is 9.94. The molecule has 6 nitrogen and oxygen atoms in total. The molecule has 1 aromatic rings. The average Bonchev–Trinajstić information content (AvgIpc) is 2.35. The summed E-state index contributed by atoms with van der Waals surface area (Å²) in [6, 6.07) is 4.62. The van der Waals surface area contributed by atoms with Crippen LogP contribution in [0.15, 0.2) is 22.7 Å². The lowest BCUT2D eigenvalue weighted by molar-refractivity contribution is -0.385. The maximum Gasteiger partial charge on any atom is 0.306 e. The van der Waals surface area contributed by atoms with Crippen LogP contribution in [0.1, 0.15) is 18.4 Å². The summed E-state index contributed by atoms with van der Waals surface area (Å²) in [5, 5.41) is 19.9. The van der Waals surface area contributed by atoms with E-state index in [2.05, 4.69) is 15.9 Å². The molecule has 0 amide bonds. The summed E-state index contributed by atoms with van der Waals surface area (Å²) >= 11 is 3.17. The van der Waals surface area contributed by atoms with E-state index in [1.165, 1.54) is 6.07 Å². The van der Waals surface area contributed by atoms with Gasteiger partial charge in [0, 0.05) is 6.07 Å². The van der Waals surface area contributed by atoms with Crippen molar-refractivity contribution in [2.45, 2.75) is 19.3 Å². The fourth-order valence-corrected chi connectivity index (χ4v) is 2.38. The van der Waals surface area contributed by atoms with Gasteiger partial charge >= 0.3 is 5.97 Å². The van der Waals surface area contributed by atoms with Crippen molar-refractivity contribution in [3.8, 4) is 0 Å². The van der Waals surface area contributed by atoms with Gasteiger partial charge in [-0.15, -0.1) is 0 Å². The van der Waals surface area contributed by atoms with Crippen molar-refractivity contribution < 1.29 is 14.8 Å². The van der Waals surface area contributed by atoms with Crippen LogP contribution in [0.5, 0.6) is 0 Å². The molecule has 0 heterocycles. The SMILES string of the molecule is NCCCC(Cc1cccc([N+](=O)[O-])c1Br)C(=O)O. The Labute approximate surface area is 118 Å². The number of hydrogen-bond donors (Lipinski definition) is 2. The molecule has 0 saturated heterocycles. The quantitative estimate of drug-likeness (QED) is 0.589. The molecule has 0 aliphatic carbocycles. The first-order chi connectivity index (χ1) is 8.97. The van der Waals surface area contributed by atoms with Gasteiger partial charge in [0.25, 0.3) is 5.69 Å². The molecule has 0 aliphatic heterocycles. The number of hydrogen-bond acceptors (Lipinski definition) is 4. The van der Waals surface area contributed by atoms with E-state index in [1.807, 2.05) is 0 Å². The molecule has 0 radical (unpaired) electrons. The number of carboxylic acid groups (broad SMARTS) is 1. The van der Waals surface area contributed by atoms with Crippen LogP contribution in [0.3, 0.4) is 0 Å². The minimum atomic E-state index is -0.910. The Morgan fingerprint density at radius 3 is 2.74 bits per heavy atom. The van der Waals surface area contributed by atoms with Gasteiger partial charge in [0.2, 0.25) is 0 Å². The van der Waals surface area contributed by atoms with Crippen LogP contribution in [0.2, 0.25) is 0 Å². The number of halogens is 1. The summed E-state index contributed by atoms with van der Waals surface area (Å²) in [6.45, 7) is 0.430. The summed E-state index contributed by atoms with van der Waals surface area (Å²) in [5.74, 6) is -1.49. The van der Waals surface area contributed by atoms with Crippen molar-refractivity contribution in [3.05, 3.63) is 38.3 Å². The summed E-state index contributed by atoms with van der Waals surface area (Å²) < 4.78 is 0.346. The normalized spacial score (nSPS) is 12.1. The molecule has 0 spiro atoms. The van der Waals surface area contributed by atoms with Gasteiger partial charge in [0.05, 0.1) is 15.3 Å². The second-order valence-electron chi connectivity index (χ2n) is 4.18. The van der Waals surface area contributed by atoms with Crippen LogP contribution >= 0.6 is 15.9 Å². The third-order valence-electron chi connectivity index (χ3n) is 2.83. The molecule has 0 bridgehead atoms. The van der Waals surface area contributed by atoms with Gasteiger partial charge in [0.1, 0.15) is 0 Å². The number of rotatable bonds is 7. The highest BCUT2D eigenvalue weighted by atomic mass is 79.9. The smallest absolute Gasteiger partial charge is 0.306 e. The van der Waals surface area contributed by atoms with Crippen LogP contribution in [-0.2, 0) is 11.2 Å². The Morgan fingerprint density at radius 2 is 2.21 bits per heavy atom. The Kier molecular flexibility index (Phi) is 5.91. The molecule has 1 atom stereocenters. The van der Waals surface area contributed by atoms with Gasteiger partial charge in [-0.05, 0) is 47.3 Å². The fraction of sp³-hybridized carbons (Fsp3) is 0.417. The standard InChI is InChI=1S/C12H15BrN2O4/c13-11-8(3-1-5-10(11)15(18)19)7-9(12(16)17)4-2-6-14/h1,3,5,9H,2,4,6-7,14H2,(H,16,17). The molecule has 3 N–H and O–H groups in total. The van der Waals surface area contributed by atoms with E-state index in [1.54, 1.807) is 12.1 Å². The molecule has 0 saturated carbocycles. The maximum absolute atomic E-state index is 11.1. The number of aliphatic carboxylic acids is 1.